The molecule has 142 valence electrons. The van der Waals surface area contributed by atoms with Gasteiger partial charge in [0.05, 0.1) is 20.3 Å². The Kier molecular flexibility index (Phi) is 5.04. The zero-order valence-electron chi connectivity index (χ0n) is 16.1. The van der Waals surface area contributed by atoms with Gasteiger partial charge < -0.3 is 14.9 Å². The minimum atomic E-state index is -0.0743. The summed E-state index contributed by atoms with van der Waals surface area (Å²) in [6, 6.07) is 10.3. The van der Waals surface area contributed by atoms with Crippen molar-refractivity contribution < 1.29 is 14.9 Å². The van der Waals surface area contributed by atoms with E-state index in [9.17, 15) is 10.2 Å². The number of fused-ring (bicyclic) bond motifs is 6. The first-order valence-corrected chi connectivity index (χ1v) is 9.71. The van der Waals surface area contributed by atoms with E-state index in [1.54, 1.807) is 7.11 Å². The molecule has 4 nitrogen and oxygen atoms in total. The molecule has 3 aromatic carbocycles. The molecule has 1 heterocycles. The van der Waals surface area contributed by atoms with Crippen LogP contribution < -0.4 is 4.74 Å². The van der Waals surface area contributed by atoms with Crippen LogP contribution in [-0.4, -0.2) is 35.3 Å². The molecule has 0 fully saturated rings. The summed E-state index contributed by atoms with van der Waals surface area (Å²) >= 11 is 0. The first-order chi connectivity index (χ1) is 13.2. The van der Waals surface area contributed by atoms with E-state index < -0.39 is 0 Å². The molecule has 0 bridgehead atoms. The quantitative estimate of drug-likeness (QED) is 0.676. The number of aliphatic hydroxyl groups excluding tert-OH is 2. The molecule has 3 aromatic rings. The fourth-order valence-corrected chi connectivity index (χ4v) is 4.57. The Morgan fingerprint density at radius 2 is 1.81 bits per heavy atom. The maximum absolute atomic E-state index is 10.1. The van der Waals surface area contributed by atoms with Gasteiger partial charge in [0.2, 0.25) is 0 Å². The first kappa shape index (κ1) is 18.2. The molecule has 0 radical (unpaired) electrons. The van der Waals surface area contributed by atoms with Crippen LogP contribution in [0.2, 0.25) is 0 Å². The molecule has 0 saturated carbocycles. The minimum Gasteiger partial charge on any atom is -0.497 e. The van der Waals surface area contributed by atoms with E-state index in [-0.39, 0.29) is 13.2 Å². The summed E-state index contributed by atoms with van der Waals surface area (Å²) in [7, 11) is 1.70. The number of methoxy groups -OCH3 is 1. The van der Waals surface area contributed by atoms with Crippen LogP contribution in [0.25, 0.3) is 21.5 Å². The molecule has 0 atom stereocenters. The van der Waals surface area contributed by atoms with Gasteiger partial charge in [-0.15, -0.1) is 0 Å². The van der Waals surface area contributed by atoms with Crippen molar-refractivity contribution in [3.05, 3.63) is 52.6 Å². The number of benzene rings is 3. The molecule has 4 heteroatoms. The van der Waals surface area contributed by atoms with Gasteiger partial charge >= 0.3 is 0 Å². The van der Waals surface area contributed by atoms with E-state index in [0.717, 1.165) is 60.1 Å². The standard InChI is InChI=1S/C23H27NO3/c1-3-9-24-10-8-17-18-6-4-15(13-25)22(14-26)23(18)19-7-5-16(27-2)11-20(19)21(17)12-24/h4-7,11,25-26H,3,8-10,12-14H2,1-2H3. The maximum atomic E-state index is 10.1. The predicted octanol–water partition coefficient (Wildman–Crippen LogP) is 3.75. The molecule has 27 heavy (non-hydrogen) atoms. The van der Waals surface area contributed by atoms with Gasteiger partial charge in [-0.2, -0.15) is 0 Å². The van der Waals surface area contributed by atoms with E-state index in [2.05, 4.69) is 30.0 Å². The van der Waals surface area contributed by atoms with Gasteiger partial charge in [-0.25, -0.2) is 0 Å². The second-order valence-corrected chi connectivity index (χ2v) is 7.34. The summed E-state index contributed by atoms with van der Waals surface area (Å²) in [6.07, 6.45) is 2.15. The molecule has 0 unspecified atom stereocenters. The summed E-state index contributed by atoms with van der Waals surface area (Å²) in [5.41, 5.74) is 4.38. The third kappa shape index (κ3) is 2.98. The summed E-state index contributed by atoms with van der Waals surface area (Å²) in [4.78, 5) is 2.52. The molecule has 0 saturated heterocycles. The van der Waals surface area contributed by atoms with Gasteiger partial charge in [0.1, 0.15) is 5.75 Å². The first-order valence-electron chi connectivity index (χ1n) is 9.71. The van der Waals surface area contributed by atoms with Gasteiger partial charge in [-0.1, -0.05) is 25.1 Å². The summed E-state index contributed by atoms with van der Waals surface area (Å²) < 4.78 is 5.50. The summed E-state index contributed by atoms with van der Waals surface area (Å²) in [5.74, 6) is 0.848. The van der Waals surface area contributed by atoms with E-state index in [0.29, 0.717) is 0 Å². The smallest absolute Gasteiger partial charge is 0.119 e. The Morgan fingerprint density at radius 3 is 2.52 bits per heavy atom. The number of aliphatic hydroxyl groups is 2. The van der Waals surface area contributed by atoms with Crippen molar-refractivity contribution in [1.82, 2.24) is 4.90 Å². The van der Waals surface area contributed by atoms with Crippen LogP contribution in [-0.2, 0) is 26.2 Å². The topological polar surface area (TPSA) is 52.9 Å². The van der Waals surface area contributed by atoms with Crippen LogP contribution in [0, 0.1) is 0 Å². The van der Waals surface area contributed by atoms with Crippen LogP contribution in [0.4, 0.5) is 0 Å². The fourth-order valence-electron chi connectivity index (χ4n) is 4.57. The molecule has 0 aliphatic carbocycles. The fraction of sp³-hybridized carbons (Fsp3) is 0.391. The molecule has 1 aliphatic rings. The van der Waals surface area contributed by atoms with E-state index in [1.165, 1.54) is 21.9 Å². The number of ether oxygens (including phenoxy) is 1. The largest absolute Gasteiger partial charge is 0.497 e. The highest BCUT2D eigenvalue weighted by atomic mass is 16.5. The van der Waals surface area contributed by atoms with Gasteiger partial charge in [0.15, 0.2) is 0 Å². The third-order valence-corrected chi connectivity index (χ3v) is 5.85. The van der Waals surface area contributed by atoms with Crippen LogP contribution >= 0.6 is 0 Å². The lowest BCUT2D eigenvalue weighted by atomic mass is 9.85. The average molecular weight is 365 g/mol. The van der Waals surface area contributed by atoms with Crippen molar-refractivity contribution >= 4 is 21.5 Å². The highest BCUT2D eigenvalue weighted by Crippen LogP contribution is 2.40. The second-order valence-electron chi connectivity index (χ2n) is 7.34. The van der Waals surface area contributed by atoms with Crippen LogP contribution in [0.1, 0.15) is 35.6 Å². The summed E-state index contributed by atoms with van der Waals surface area (Å²) in [5, 5.41) is 24.4. The van der Waals surface area contributed by atoms with E-state index >= 15 is 0 Å². The number of nitrogens with zero attached hydrogens (tertiary/aromatic N) is 1. The van der Waals surface area contributed by atoms with Crippen LogP contribution in [0.5, 0.6) is 5.75 Å². The number of hydrogen-bond acceptors (Lipinski definition) is 4. The highest BCUT2D eigenvalue weighted by molar-refractivity contribution is 6.13. The highest BCUT2D eigenvalue weighted by Gasteiger charge is 2.23. The van der Waals surface area contributed by atoms with E-state index in [1.807, 2.05) is 12.1 Å². The monoisotopic (exact) mass is 365 g/mol. The van der Waals surface area contributed by atoms with Crippen molar-refractivity contribution in [3.8, 4) is 5.75 Å². The number of hydrogen-bond donors (Lipinski definition) is 2. The second kappa shape index (κ2) is 7.47. The Hall–Kier alpha value is -2.14. The Balaban J connectivity index is 2.09. The third-order valence-electron chi connectivity index (χ3n) is 5.85. The Morgan fingerprint density at radius 1 is 1.00 bits per heavy atom. The Bertz CT molecular complexity index is 996. The van der Waals surface area contributed by atoms with Crippen molar-refractivity contribution in [2.24, 2.45) is 0 Å². The normalized spacial score (nSPS) is 14.7. The lowest BCUT2D eigenvalue weighted by molar-refractivity contribution is 0.256. The van der Waals surface area contributed by atoms with Gasteiger partial charge in [0, 0.05) is 13.1 Å². The van der Waals surface area contributed by atoms with Gasteiger partial charge in [-0.05, 0) is 75.3 Å². The predicted molar refractivity (Wildman–Crippen MR) is 109 cm³/mol. The SMILES string of the molecule is CCCN1CCc2c(c3cc(OC)ccc3c3c(CO)c(CO)ccc23)C1. The molecule has 0 amide bonds. The zero-order chi connectivity index (χ0) is 19.0. The molecule has 4 rings (SSSR count). The minimum absolute atomic E-state index is 0.0646. The Labute approximate surface area is 160 Å². The van der Waals surface area contributed by atoms with Crippen molar-refractivity contribution in [2.45, 2.75) is 39.5 Å². The van der Waals surface area contributed by atoms with Crippen LogP contribution in [0.15, 0.2) is 30.3 Å². The van der Waals surface area contributed by atoms with Crippen molar-refractivity contribution in [3.63, 3.8) is 0 Å². The van der Waals surface area contributed by atoms with Crippen molar-refractivity contribution in [2.75, 3.05) is 20.2 Å². The van der Waals surface area contributed by atoms with Gasteiger partial charge in [0.25, 0.3) is 0 Å². The number of rotatable bonds is 5. The molecular formula is C23H27NO3. The molecule has 0 spiro atoms. The van der Waals surface area contributed by atoms with Crippen LogP contribution in [0.3, 0.4) is 0 Å². The lowest BCUT2D eigenvalue weighted by Crippen LogP contribution is -2.31. The molecule has 1 aliphatic heterocycles. The maximum Gasteiger partial charge on any atom is 0.119 e. The summed E-state index contributed by atoms with van der Waals surface area (Å²) in [6.45, 7) is 5.19. The average Bonchev–Trinajstić information content (AvgIpc) is 2.72. The van der Waals surface area contributed by atoms with E-state index in [4.69, 9.17) is 4.74 Å². The molecular weight excluding hydrogens is 338 g/mol. The molecule has 0 aromatic heterocycles. The lowest BCUT2D eigenvalue weighted by Gasteiger charge is -2.31. The zero-order valence-corrected chi connectivity index (χ0v) is 16.1. The van der Waals surface area contributed by atoms with Crippen molar-refractivity contribution in [1.29, 1.82) is 0 Å². The van der Waals surface area contributed by atoms with Gasteiger partial charge in [-0.3, -0.25) is 4.90 Å². The molecule has 2 N–H and O–H groups in total.